The first-order valence-corrected chi connectivity index (χ1v) is 8.47. The number of aryl methyl sites for hydroxylation is 4. The molecule has 0 aliphatic rings. The van der Waals surface area contributed by atoms with Crippen molar-refractivity contribution in [3.63, 3.8) is 0 Å². The van der Waals surface area contributed by atoms with Crippen LogP contribution in [0.5, 0.6) is 0 Å². The van der Waals surface area contributed by atoms with Crippen LogP contribution in [0.3, 0.4) is 0 Å². The third-order valence-electron chi connectivity index (χ3n) is 4.21. The summed E-state index contributed by atoms with van der Waals surface area (Å²) in [6, 6.07) is 9.22. The molecule has 0 aliphatic heterocycles. The van der Waals surface area contributed by atoms with Gasteiger partial charge in [-0.3, -0.25) is 9.48 Å². The van der Waals surface area contributed by atoms with E-state index in [-0.39, 0.29) is 11.5 Å². The second-order valence-electron chi connectivity index (χ2n) is 6.39. The summed E-state index contributed by atoms with van der Waals surface area (Å²) in [5, 5.41) is 12.2. The zero-order valence-electron chi connectivity index (χ0n) is 15.7. The highest BCUT2D eigenvalue weighted by Gasteiger charge is 2.11. The van der Waals surface area contributed by atoms with Crippen LogP contribution in [0.15, 0.2) is 35.4 Å². The van der Waals surface area contributed by atoms with Gasteiger partial charge in [-0.05, 0) is 44.5 Å². The van der Waals surface area contributed by atoms with Crippen molar-refractivity contribution in [2.45, 2.75) is 27.3 Å². The summed E-state index contributed by atoms with van der Waals surface area (Å²) in [7, 11) is 1.51. The van der Waals surface area contributed by atoms with Crippen molar-refractivity contribution in [2.24, 2.45) is 12.1 Å². The summed E-state index contributed by atoms with van der Waals surface area (Å²) >= 11 is 0. The highest BCUT2D eigenvalue weighted by molar-refractivity contribution is 5.95. The first-order valence-electron chi connectivity index (χ1n) is 8.47. The number of hydrogen-bond acceptors (Lipinski definition) is 4. The van der Waals surface area contributed by atoms with E-state index in [9.17, 15) is 9.18 Å². The third kappa shape index (κ3) is 4.11. The average molecular weight is 368 g/mol. The van der Waals surface area contributed by atoms with Gasteiger partial charge in [0.05, 0.1) is 29.7 Å². The molecule has 7 nitrogen and oxygen atoms in total. The lowest BCUT2D eigenvalue weighted by Crippen LogP contribution is -2.17. The predicted molar refractivity (Wildman–Crippen MR) is 100 cm³/mol. The molecule has 1 N–H and O–H groups in total. The van der Waals surface area contributed by atoms with Crippen LogP contribution in [0.25, 0.3) is 0 Å². The molecule has 0 aliphatic carbocycles. The lowest BCUT2D eigenvalue weighted by Gasteiger charge is -2.06. The molecule has 0 saturated heterocycles. The molecule has 0 bridgehead atoms. The fourth-order valence-corrected chi connectivity index (χ4v) is 2.78. The number of hydrogen-bond donors (Lipinski definition) is 1. The zero-order valence-corrected chi connectivity index (χ0v) is 15.7. The number of carbonyl (C=O) groups is 1. The van der Waals surface area contributed by atoms with Crippen molar-refractivity contribution < 1.29 is 9.18 Å². The number of aromatic nitrogens is 4. The number of amides is 1. The van der Waals surface area contributed by atoms with Crippen LogP contribution in [0.2, 0.25) is 0 Å². The standard InChI is InChI=1S/C19H21FN6O/c1-12-9-13(2)26(23-12)11-15-5-7-16(8-6-15)19(27)22-21-10-17-14(3)24-25(4)18(17)20/h5-10H,11H2,1-4H3,(H,22,27). The van der Waals surface area contributed by atoms with E-state index in [1.165, 1.54) is 13.3 Å². The molecule has 27 heavy (non-hydrogen) atoms. The first kappa shape index (κ1) is 18.5. The molecule has 0 saturated carbocycles. The van der Waals surface area contributed by atoms with Crippen molar-refractivity contribution in [3.05, 3.63) is 70.1 Å². The molecule has 0 fully saturated rings. The third-order valence-corrected chi connectivity index (χ3v) is 4.21. The Labute approximate surface area is 156 Å². The molecule has 2 aromatic heterocycles. The minimum absolute atomic E-state index is 0.248. The van der Waals surface area contributed by atoms with Crippen LogP contribution in [-0.2, 0) is 13.6 Å². The van der Waals surface area contributed by atoms with E-state index in [2.05, 4.69) is 20.7 Å². The van der Waals surface area contributed by atoms with E-state index in [0.29, 0.717) is 17.8 Å². The molecule has 2 heterocycles. The quantitative estimate of drug-likeness (QED) is 0.555. The lowest BCUT2D eigenvalue weighted by atomic mass is 10.1. The van der Waals surface area contributed by atoms with E-state index in [4.69, 9.17) is 0 Å². The van der Waals surface area contributed by atoms with E-state index in [1.807, 2.05) is 36.7 Å². The molecule has 3 aromatic rings. The number of hydrazone groups is 1. The fourth-order valence-electron chi connectivity index (χ4n) is 2.78. The molecule has 0 atom stereocenters. The molecule has 3 rings (SSSR count). The second-order valence-corrected chi connectivity index (χ2v) is 6.39. The summed E-state index contributed by atoms with van der Waals surface area (Å²) in [5.41, 5.74) is 6.71. The van der Waals surface area contributed by atoms with Gasteiger partial charge in [-0.15, -0.1) is 0 Å². The summed E-state index contributed by atoms with van der Waals surface area (Å²) in [6.45, 7) is 6.27. The highest BCUT2D eigenvalue weighted by Crippen LogP contribution is 2.10. The van der Waals surface area contributed by atoms with Crippen molar-refractivity contribution in [1.29, 1.82) is 0 Å². The van der Waals surface area contributed by atoms with Crippen molar-refractivity contribution in [3.8, 4) is 0 Å². The highest BCUT2D eigenvalue weighted by atomic mass is 19.1. The Balaban J connectivity index is 1.63. The molecular weight excluding hydrogens is 347 g/mol. The number of nitrogens with zero attached hydrogens (tertiary/aromatic N) is 5. The minimum atomic E-state index is -0.501. The molecule has 140 valence electrons. The maximum Gasteiger partial charge on any atom is 0.271 e. The number of halogens is 1. The molecule has 1 aromatic carbocycles. The smallest absolute Gasteiger partial charge is 0.267 e. The maximum absolute atomic E-state index is 13.8. The SMILES string of the molecule is Cc1cc(C)n(Cc2ccc(C(=O)NN=Cc3c(C)nn(C)c3F)cc2)n1. The molecule has 0 spiro atoms. The van der Waals surface area contributed by atoms with Gasteiger partial charge in [0.2, 0.25) is 5.95 Å². The Hall–Kier alpha value is -3.29. The van der Waals surface area contributed by atoms with Gasteiger partial charge < -0.3 is 0 Å². The largest absolute Gasteiger partial charge is 0.271 e. The molecule has 8 heteroatoms. The van der Waals surface area contributed by atoms with E-state index in [0.717, 1.165) is 21.6 Å². The van der Waals surface area contributed by atoms with Crippen LogP contribution < -0.4 is 5.43 Å². The summed E-state index contributed by atoms with van der Waals surface area (Å²) in [5.74, 6) is -0.870. The number of benzene rings is 1. The van der Waals surface area contributed by atoms with Crippen LogP contribution in [-0.4, -0.2) is 31.7 Å². The Morgan fingerprint density at radius 3 is 2.48 bits per heavy atom. The van der Waals surface area contributed by atoms with Gasteiger partial charge in [0, 0.05) is 18.3 Å². The molecule has 0 radical (unpaired) electrons. The Morgan fingerprint density at radius 2 is 1.93 bits per heavy atom. The zero-order chi connectivity index (χ0) is 19.6. The Kier molecular flexibility index (Phi) is 5.16. The van der Waals surface area contributed by atoms with Gasteiger partial charge >= 0.3 is 0 Å². The number of nitrogens with one attached hydrogen (secondary N) is 1. The summed E-state index contributed by atoms with van der Waals surface area (Å²) < 4.78 is 16.9. The molecule has 1 amide bonds. The Morgan fingerprint density at radius 1 is 1.22 bits per heavy atom. The van der Waals surface area contributed by atoms with Crippen LogP contribution >= 0.6 is 0 Å². The van der Waals surface area contributed by atoms with Gasteiger partial charge in [0.1, 0.15) is 0 Å². The van der Waals surface area contributed by atoms with Crippen LogP contribution in [0, 0.1) is 26.7 Å². The van der Waals surface area contributed by atoms with Gasteiger partial charge in [0.15, 0.2) is 0 Å². The summed E-state index contributed by atoms with van der Waals surface area (Å²) in [4.78, 5) is 12.2. The van der Waals surface area contributed by atoms with Crippen molar-refractivity contribution >= 4 is 12.1 Å². The second kappa shape index (κ2) is 7.53. The van der Waals surface area contributed by atoms with Gasteiger partial charge in [-0.2, -0.15) is 19.7 Å². The Bertz CT molecular complexity index is 1000. The minimum Gasteiger partial charge on any atom is -0.267 e. The van der Waals surface area contributed by atoms with Gasteiger partial charge in [-0.25, -0.2) is 10.1 Å². The lowest BCUT2D eigenvalue weighted by molar-refractivity contribution is 0.0955. The van der Waals surface area contributed by atoms with E-state index in [1.54, 1.807) is 19.1 Å². The number of carbonyl (C=O) groups excluding carboxylic acids is 1. The van der Waals surface area contributed by atoms with Crippen LogP contribution in [0.4, 0.5) is 4.39 Å². The normalized spacial score (nSPS) is 11.3. The van der Waals surface area contributed by atoms with Gasteiger partial charge in [-0.1, -0.05) is 12.1 Å². The number of rotatable bonds is 5. The first-order chi connectivity index (χ1) is 12.8. The molecule has 0 unspecified atom stereocenters. The fraction of sp³-hybridized carbons (Fsp3) is 0.263. The average Bonchev–Trinajstić information content (AvgIpc) is 3.07. The molecular formula is C19H21FN6O. The van der Waals surface area contributed by atoms with Crippen LogP contribution in [0.1, 0.15) is 38.6 Å². The van der Waals surface area contributed by atoms with E-state index < -0.39 is 5.95 Å². The topological polar surface area (TPSA) is 77.1 Å². The van der Waals surface area contributed by atoms with Gasteiger partial charge in [0.25, 0.3) is 5.91 Å². The maximum atomic E-state index is 13.8. The summed E-state index contributed by atoms with van der Waals surface area (Å²) in [6.07, 6.45) is 1.26. The van der Waals surface area contributed by atoms with E-state index >= 15 is 0 Å². The van der Waals surface area contributed by atoms with Crippen molar-refractivity contribution in [1.82, 2.24) is 25.0 Å². The predicted octanol–water partition coefficient (Wildman–Crippen LogP) is 2.49. The monoisotopic (exact) mass is 368 g/mol. The van der Waals surface area contributed by atoms with Crippen molar-refractivity contribution in [2.75, 3.05) is 0 Å².